The van der Waals surface area contributed by atoms with E-state index in [4.69, 9.17) is 14.2 Å². The monoisotopic (exact) mass is 575 g/mol. The zero-order valence-electron chi connectivity index (χ0n) is 22.2. The van der Waals surface area contributed by atoms with Crippen molar-refractivity contribution in [1.29, 1.82) is 0 Å². The number of nitrogens with zero attached hydrogens (tertiary/aromatic N) is 1. The van der Waals surface area contributed by atoms with Crippen LogP contribution in [0.5, 0.6) is 23.0 Å². The Bertz CT molecular complexity index is 1640. The van der Waals surface area contributed by atoms with Crippen LogP contribution in [0.25, 0.3) is 21.9 Å². The Morgan fingerprint density at radius 2 is 1.40 bits per heavy atom. The number of hydrogen-bond donors (Lipinski definition) is 0. The minimum absolute atomic E-state index is 0. The topological polar surface area (TPSA) is 65.1 Å². The molecular weight excluding hydrogens is 546 g/mol. The maximum Gasteiger partial charge on any atom is 0.175 e. The minimum atomic E-state index is -3.29. The summed E-state index contributed by atoms with van der Waals surface area (Å²) in [7, 11) is -1.65. The lowest BCUT2D eigenvalue weighted by Gasteiger charge is -2.17. The summed E-state index contributed by atoms with van der Waals surface area (Å²) in [5.74, 6) is 2.83. The zero-order valence-corrected chi connectivity index (χ0v) is 23.8. The van der Waals surface area contributed by atoms with Crippen molar-refractivity contribution in [3.63, 3.8) is 0 Å². The molecule has 0 aliphatic carbocycles. The first-order valence-corrected chi connectivity index (χ1v) is 14.4. The molecule has 0 aromatic heterocycles. The van der Waals surface area contributed by atoms with Crippen LogP contribution in [0.15, 0.2) is 120 Å². The third-order valence-corrected chi connectivity index (χ3v) is 7.45. The molecule has 0 atom stereocenters. The van der Waals surface area contributed by atoms with Crippen LogP contribution in [0.2, 0.25) is 0 Å². The summed E-state index contributed by atoms with van der Waals surface area (Å²) in [5.41, 5.74) is 1.70. The Labute approximate surface area is 241 Å². The first kappa shape index (κ1) is 28.8. The van der Waals surface area contributed by atoms with Crippen LogP contribution in [-0.4, -0.2) is 39.8 Å². The number of ether oxygens (including phenoxy) is 3. The Kier molecular flexibility index (Phi) is 9.19. The van der Waals surface area contributed by atoms with E-state index in [0.717, 1.165) is 39.9 Å². The van der Waals surface area contributed by atoms with Crippen molar-refractivity contribution in [2.45, 2.75) is 4.90 Å². The number of rotatable bonds is 9. The van der Waals surface area contributed by atoms with Gasteiger partial charge in [0.15, 0.2) is 9.84 Å². The van der Waals surface area contributed by atoms with Crippen molar-refractivity contribution in [2.75, 3.05) is 26.5 Å². The third kappa shape index (κ3) is 6.86. The van der Waals surface area contributed by atoms with Gasteiger partial charge in [0.05, 0.1) is 18.6 Å². The van der Waals surface area contributed by atoms with E-state index in [1.165, 1.54) is 6.26 Å². The maximum atomic E-state index is 12.0. The predicted octanol–water partition coefficient (Wildman–Crippen LogP) is 7.41. The summed E-state index contributed by atoms with van der Waals surface area (Å²) < 4.78 is 41.7. The molecule has 206 valence electrons. The van der Waals surface area contributed by atoms with Gasteiger partial charge in [-0.1, -0.05) is 30.4 Å². The first-order valence-electron chi connectivity index (χ1n) is 12.5. The second-order valence-electron chi connectivity index (χ2n) is 9.05. The highest BCUT2D eigenvalue weighted by atomic mass is 35.5. The average molecular weight is 576 g/mol. The van der Waals surface area contributed by atoms with Crippen LogP contribution in [0, 0.1) is 0 Å². The summed E-state index contributed by atoms with van der Waals surface area (Å²) in [4.78, 5) is 2.34. The normalized spacial score (nSPS) is 12.6. The summed E-state index contributed by atoms with van der Waals surface area (Å²) in [6.45, 7) is 1.27. The van der Waals surface area contributed by atoms with E-state index in [0.29, 0.717) is 18.1 Å². The lowest BCUT2D eigenvalue weighted by atomic mass is 9.99. The molecule has 4 aromatic rings. The Morgan fingerprint density at radius 1 is 0.750 bits per heavy atom. The highest BCUT2D eigenvalue weighted by molar-refractivity contribution is 7.90. The van der Waals surface area contributed by atoms with Crippen LogP contribution in [-0.2, 0) is 9.84 Å². The molecule has 1 aliphatic rings. The van der Waals surface area contributed by atoms with Gasteiger partial charge in [-0.05, 0) is 83.8 Å². The van der Waals surface area contributed by atoms with Crippen molar-refractivity contribution >= 4 is 33.0 Å². The van der Waals surface area contributed by atoms with Gasteiger partial charge in [0.2, 0.25) is 0 Å². The number of benzene rings is 4. The van der Waals surface area contributed by atoms with Gasteiger partial charge >= 0.3 is 0 Å². The first-order chi connectivity index (χ1) is 18.9. The number of methoxy groups -OCH3 is 1. The average Bonchev–Trinajstić information content (AvgIpc) is 3.22. The molecule has 0 bridgehead atoms. The molecule has 0 N–H and O–H groups in total. The standard InChI is InChI=1S/C32H29NO5S.ClH/c1-36-28-14-18-31-25(23-28)9-17-30(24-7-15-29(16-8-24)39(2,34)35)32(31)38-27-12-10-26(11-13-27)37-22-21-33-19-5-3-4-6-20-33;/h3-20,23H,21-22H2,1-2H3;1H. The van der Waals surface area contributed by atoms with Gasteiger partial charge in [0.25, 0.3) is 0 Å². The zero-order chi connectivity index (χ0) is 27.2. The van der Waals surface area contributed by atoms with Crippen molar-refractivity contribution in [3.05, 3.63) is 116 Å². The third-order valence-electron chi connectivity index (χ3n) is 6.32. The molecule has 40 heavy (non-hydrogen) atoms. The molecule has 0 unspecified atom stereocenters. The van der Waals surface area contributed by atoms with Crippen LogP contribution < -0.4 is 14.2 Å². The van der Waals surface area contributed by atoms with Crippen molar-refractivity contribution in [2.24, 2.45) is 0 Å². The molecule has 0 radical (unpaired) electrons. The molecule has 8 heteroatoms. The second-order valence-corrected chi connectivity index (χ2v) is 11.1. The van der Waals surface area contributed by atoms with Crippen molar-refractivity contribution in [3.8, 4) is 34.1 Å². The van der Waals surface area contributed by atoms with Gasteiger partial charge in [-0.25, -0.2) is 8.42 Å². The van der Waals surface area contributed by atoms with Gasteiger partial charge < -0.3 is 19.1 Å². The van der Waals surface area contributed by atoms with Crippen LogP contribution >= 0.6 is 12.4 Å². The fraction of sp³-hybridized carbons (Fsp3) is 0.125. The van der Waals surface area contributed by atoms with Crippen LogP contribution in [0.4, 0.5) is 0 Å². The highest BCUT2D eigenvalue weighted by Crippen LogP contribution is 2.41. The minimum Gasteiger partial charge on any atom is -0.497 e. The largest absolute Gasteiger partial charge is 0.497 e. The van der Waals surface area contributed by atoms with Crippen LogP contribution in [0.3, 0.4) is 0 Å². The van der Waals surface area contributed by atoms with E-state index in [9.17, 15) is 8.42 Å². The quantitative estimate of drug-likeness (QED) is 0.207. The molecule has 1 aliphatic heterocycles. The molecule has 0 saturated carbocycles. The van der Waals surface area contributed by atoms with E-state index in [2.05, 4.69) is 4.90 Å². The van der Waals surface area contributed by atoms with Crippen molar-refractivity contribution in [1.82, 2.24) is 4.90 Å². The van der Waals surface area contributed by atoms with E-state index in [1.807, 2.05) is 91.3 Å². The van der Waals surface area contributed by atoms with Gasteiger partial charge in [-0.2, -0.15) is 0 Å². The van der Waals surface area contributed by atoms with Gasteiger partial charge in [0.1, 0.15) is 29.6 Å². The summed E-state index contributed by atoms with van der Waals surface area (Å²) in [6.07, 6.45) is 13.2. The molecule has 1 heterocycles. The summed E-state index contributed by atoms with van der Waals surface area (Å²) in [5, 5.41) is 1.88. The number of fused-ring (bicyclic) bond motifs is 1. The summed E-state index contributed by atoms with van der Waals surface area (Å²) >= 11 is 0. The number of allylic oxidation sites excluding steroid dienone is 4. The lowest BCUT2D eigenvalue weighted by Crippen LogP contribution is -2.17. The molecule has 4 aromatic carbocycles. The van der Waals surface area contributed by atoms with Crippen molar-refractivity contribution < 1.29 is 22.6 Å². The Morgan fingerprint density at radius 3 is 2.05 bits per heavy atom. The van der Waals surface area contributed by atoms with E-state index in [-0.39, 0.29) is 17.3 Å². The Hall–Kier alpha value is -4.20. The maximum absolute atomic E-state index is 12.0. The van der Waals surface area contributed by atoms with E-state index >= 15 is 0 Å². The lowest BCUT2D eigenvalue weighted by molar-refractivity contribution is 0.283. The highest BCUT2D eigenvalue weighted by Gasteiger charge is 2.15. The fourth-order valence-corrected chi connectivity index (χ4v) is 4.89. The molecule has 0 amide bonds. The van der Waals surface area contributed by atoms with E-state index < -0.39 is 9.84 Å². The fourth-order valence-electron chi connectivity index (χ4n) is 4.26. The molecule has 0 spiro atoms. The molecular formula is C32H30ClNO5S. The molecule has 6 nitrogen and oxygen atoms in total. The van der Waals surface area contributed by atoms with Gasteiger partial charge in [0, 0.05) is 29.6 Å². The molecule has 5 rings (SSSR count). The van der Waals surface area contributed by atoms with Gasteiger partial charge in [-0.3, -0.25) is 0 Å². The number of hydrogen-bond acceptors (Lipinski definition) is 6. The number of sulfone groups is 1. The number of halogens is 1. The predicted molar refractivity (Wildman–Crippen MR) is 162 cm³/mol. The summed E-state index contributed by atoms with van der Waals surface area (Å²) in [6, 6.07) is 24.2. The molecule has 0 fully saturated rings. The second kappa shape index (κ2) is 12.8. The smallest absolute Gasteiger partial charge is 0.175 e. The SMILES string of the molecule is COc1ccc2c(Oc3ccc(OCCN4C=CC=CC=C4)cc3)c(-c3ccc(S(C)(=O)=O)cc3)ccc2c1.Cl. The van der Waals surface area contributed by atoms with E-state index in [1.54, 1.807) is 31.4 Å². The molecule has 0 saturated heterocycles. The Balaban J connectivity index is 0.00000370. The van der Waals surface area contributed by atoms with Gasteiger partial charge in [-0.15, -0.1) is 12.4 Å². The van der Waals surface area contributed by atoms with Crippen LogP contribution in [0.1, 0.15) is 0 Å².